The minimum Gasteiger partial charge on any atom is -0.342 e. The highest BCUT2D eigenvalue weighted by Crippen LogP contribution is 2.27. The minimum atomic E-state index is -2.80. The zero-order valence-electron chi connectivity index (χ0n) is 16.2. The standard InChI is InChI=1S/C21H18F3N5O/c1-12(19-27-17-5-3-4-6-18(17)28(19)21(23)24)26-20(30)16-11-25-29(13(16)2)15-9-7-14(22)8-10-15/h3-12,21H,1-2H3,(H,26,30)/t12-/m1/s1. The number of nitrogens with one attached hydrogen (secondary N) is 1. The number of carbonyl (C=O) groups excluding carboxylic acids is 1. The van der Waals surface area contributed by atoms with Crippen LogP contribution in [0.2, 0.25) is 0 Å². The number of hydrogen-bond donors (Lipinski definition) is 1. The topological polar surface area (TPSA) is 64.7 Å². The van der Waals surface area contributed by atoms with Gasteiger partial charge in [0.2, 0.25) is 0 Å². The summed E-state index contributed by atoms with van der Waals surface area (Å²) in [7, 11) is 0. The summed E-state index contributed by atoms with van der Waals surface area (Å²) in [6.07, 6.45) is 1.39. The lowest BCUT2D eigenvalue weighted by Gasteiger charge is -2.15. The molecule has 0 aliphatic heterocycles. The third-order valence-electron chi connectivity index (χ3n) is 4.88. The number of hydrogen-bond acceptors (Lipinski definition) is 3. The zero-order chi connectivity index (χ0) is 21.4. The molecular weight excluding hydrogens is 395 g/mol. The molecule has 4 rings (SSSR count). The number of amides is 1. The van der Waals surface area contributed by atoms with E-state index in [2.05, 4.69) is 15.4 Å². The van der Waals surface area contributed by atoms with E-state index in [-0.39, 0.29) is 17.2 Å². The molecule has 0 saturated heterocycles. The van der Waals surface area contributed by atoms with E-state index in [1.54, 1.807) is 50.2 Å². The van der Waals surface area contributed by atoms with Gasteiger partial charge in [-0.05, 0) is 50.2 Å². The number of carbonyl (C=O) groups is 1. The number of imidazole rings is 1. The average Bonchev–Trinajstić information content (AvgIpc) is 3.29. The molecule has 1 N–H and O–H groups in total. The summed E-state index contributed by atoms with van der Waals surface area (Å²) in [5.41, 5.74) is 2.14. The van der Waals surface area contributed by atoms with Gasteiger partial charge in [-0.2, -0.15) is 13.9 Å². The molecule has 0 unspecified atom stereocenters. The van der Waals surface area contributed by atoms with Crippen LogP contribution in [-0.2, 0) is 0 Å². The number of halogens is 3. The molecule has 9 heteroatoms. The second kappa shape index (κ2) is 7.66. The molecule has 0 bridgehead atoms. The van der Waals surface area contributed by atoms with E-state index >= 15 is 0 Å². The van der Waals surface area contributed by atoms with Gasteiger partial charge in [0.1, 0.15) is 11.6 Å². The maximum absolute atomic E-state index is 13.7. The van der Waals surface area contributed by atoms with Crippen LogP contribution in [0.3, 0.4) is 0 Å². The van der Waals surface area contributed by atoms with Crippen LogP contribution in [0.5, 0.6) is 0 Å². The van der Waals surface area contributed by atoms with Crippen molar-refractivity contribution in [2.24, 2.45) is 0 Å². The Bertz CT molecular complexity index is 1210. The Labute approximate surface area is 170 Å². The molecule has 2 heterocycles. The van der Waals surface area contributed by atoms with Gasteiger partial charge in [-0.25, -0.2) is 14.1 Å². The molecule has 2 aromatic carbocycles. The lowest BCUT2D eigenvalue weighted by molar-refractivity contribution is 0.0687. The van der Waals surface area contributed by atoms with E-state index in [9.17, 15) is 18.0 Å². The van der Waals surface area contributed by atoms with Crippen LogP contribution < -0.4 is 5.32 Å². The molecule has 0 saturated carbocycles. The highest BCUT2D eigenvalue weighted by molar-refractivity contribution is 5.95. The summed E-state index contributed by atoms with van der Waals surface area (Å²) in [5, 5.41) is 6.90. The summed E-state index contributed by atoms with van der Waals surface area (Å²) < 4.78 is 42.8. The second-order valence-corrected chi connectivity index (χ2v) is 6.83. The highest BCUT2D eigenvalue weighted by atomic mass is 19.3. The van der Waals surface area contributed by atoms with Crippen molar-refractivity contribution in [3.8, 4) is 5.69 Å². The van der Waals surface area contributed by atoms with Gasteiger partial charge in [-0.1, -0.05) is 12.1 Å². The van der Waals surface area contributed by atoms with Crippen LogP contribution in [0.25, 0.3) is 16.7 Å². The predicted molar refractivity (Wildman–Crippen MR) is 105 cm³/mol. The number of aromatic nitrogens is 4. The molecule has 1 atom stereocenters. The van der Waals surface area contributed by atoms with Crippen molar-refractivity contribution in [3.63, 3.8) is 0 Å². The van der Waals surface area contributed by atoms with E-state index in [4.69, 9.17) is 0 Å². The van der Waals surface area contributed by atoms with Gasteiger partial charge >= 0.3 is 6.55 Å². The second-order valence-electron chi connectivity index (χ2n) is 6.83. The van der Waals surface area contributed by atoms with Crippen molar-refractivity contribution < 1.29 is 18.0 Å². The highest BCUT2D eigenvalue weighted by Gasteiger charge is 2.24. The normalized spacial score (nSPS) is 12.5. The summed E-state index contributed by atoms with van der Waals surface area (Å²) in [4.78, 5) is 17.1. The van der Waals surface area contributed by atoms with Crippen molar-refractivity contribution in [1.82, 2.24) is 24.6 Å². The molecular formula is C21H18F3N5O. The summed E-state index contributed by atoms with van der Waals surface area (Å²) in [5.74, 6) is -0.790. The summed E-state index contributed by atoms with van der Waals surface area (Å²) >= 11 is 0. The molecule has 1 amide bonds. The first-order valence-corrected chi connectivity index (χ1v) is 9.23. The van der Waals surface area contributed by atoms with E-state index in [0.717, 1.165) is 4.57 Å². The Morgan fingerprint density at radius 2 is 1.80 bits per heavy atom. The van der Waals surface area contributed by atoms with Crippen molar-refractivity contribution in [2.75, 3.05) is 0 Å². The quantitative estimate of drug-likeness (QED) is 0.522. The Hall–Kier alpha value is -3.62. The lowest BCUT2D eigenvalue weighted by Crippen LogP contribution is -2.29. The smallest absolute Gasteiger partial charge is 0.320 e. The van der Waals surface area contributed by atoms with Gasteiger partial charge in [0.25, 0.3) is 5.91 Å². The Morgan fingerprint density at radius 3 is 2.50 bits per heavy atom. The van der Waals surface area contributed by atoms with Crippen LogP contribution in [-0.4, -0.2) is 25.2 Å². The molecule has 4 aromatic rings. The van der Waals surface area contributed by atoms with Gasteiger partial charge in [0.05, 0.1) is 40.2 Å². The number of nitrogens with zero attached hydrogens (tertiary/aromatic N) is 4. The first kappa shape index (κ1) is 19.7. The fourth-order valence-electron chi connectivity index (χ4n) is 3.39. The van der Waals surface area contributed by atoms with Crippen molar-refractivity contribution in [1.29, 1.82) is 0 Å². The maximum atomic E-state index is 13.7. The third kappa shape index (κ3) is 3.42. The van der Waals surface area contributed by atoms with Gasteiger partial charge in [0.15, 0.2) is 0 Å². The Morgan fingerprint density at radius 1 is 1.10 bits per heavy atom. The molecule has 0 aliphatic carbocycles. The van der Waals surface area contributed by atoms with Gasteiger partial charge < -0.3 is 5.32 Å². The minimum absolute atomic E-state index is 0.0585. The number of alkyl halides is 2. The fraction of sp³-hybridized carbons (Fsp3) is 0.190. The largest absolute Gasteiger partial charge is 0.342 e. The van der Waals surface area contributed by atoms with Gasteiger partial charge in [0, 0.05) is 0 Å². The van der Waals surface area contributed by atoms with Crippen LogP contribution in [0.1, 0.15) is 41.4 Å². The molecule has 154 valence electrons. The molecule has 0 spiro atoms. The van der Waals surface area contributed by atoms with Crippen molar-refractivity contribution >= 4 is 16.9 Å². The number of para-hydroxylation sites is 2. The van der Waals surface area contributed by atoms with Crippen LogP contribution in [0.15, 0.2) is 54.7 Å². The number of rotatable bonds is 5. The van der Waals surface area contributed by atoms with E-state index in [1.807, 2.05) is 0 Å². The monoisotopic (exact) mass is 413 g/mol. The molecule has 0 fully saturated rings. The van der Waals surface area contributed by atoms with Crippen molar-refractivity contribution in [2.45, 2.75) is 26.4 Å². The van der Waals surface area contributed by atoms with Crippen LogP contribution in [0.4, 0.5) is 13.2 Å². The summed E-state index contributed by atoms with van der Waals surface area (Å²) in [6.45, 7) is 0.497. The number of benzene rings is 2. The zero-order valence-corrected chi connectivity index (χ0v) is 16.2. The lowest BCUT2D eigenvalue weighted by atomic mass is 10.2. The maximum Gasteiger partial charge on any atom is 0.320 e. The van der Waals surface area contributed by atoms with Gasteiger partial charge in [-0.3, -0.25) is 9.36 Å². The van der Waals surface area contributed by atoms with Crippen LogP contribution in [0, 0.1) is 12.7 Å². The van der Waals surface area contributed by atoms with Crippen molar-refractivity contribution in [3.05, 3.63) is 77.6 Å². The third-order valence-corrected chi connectivity index (χ3v) is 4.88. The fourth-order valence-corrected chi connectivity index (χ4v) is 3.39. The molecule has 2 aromatic heterocycles. The van der Waals surface area contributed by atoms with E-state index in [0.29, 0.717) is 22.4 Å². The molecule has 0 radical (unpaired) electrons. The van der Waals surface area contributed by atoms with Crippen LogP contribution >= 0.6 is 0 Å². The van der Waals surface area contributed by atoms with Gasteiger partial charge in [-0.15, -0.1) is 0 Å². The molecule has 30 heavy (non-hydrogen) atoms. The predicted octanol–water partition coefficient (Wildman–Crippen LogP) is 4.56. The first-order chi connectivity index (χ1) is 14.4. The Balaban J connectivity index is 1.61. The first-order valence-electron chi connectivity index (χ1n) is 9.23. The van der Waals surface area contributed by atoms with E-state index < -0.39 is 18.5 Å². The Kier molecular flexibility index (Phi) is 5.03. The molecule has 0 aliphatic rings. The SMILES string of the molecule is Cc1c(C(=O)N[C@H](C)c2nc3ccccc3n2C(F)F)cnn1-c1ccc(F)cc1. The molecule has 6 nitrogen and oxygen atoms in total. The van der Waals surface area contributed by atoms with E-state index in [1.165, 1.54) is 23.0 Å². The summed E-state index contributed by atoms with van der Waals surface area (Å²) in [6, 6.07) is 11.5. The average molecular weight is 413 g/mol. The number of fused-ring (bicyclic) bond motifs is 1.